The van der Waals surface area contributed by atoms with Crippen LogP contribution < -0.4 is 5.32 Å². The van der Waals surface area contributed by atoms with Crippen LogP contribution in [0.3, 0.4) is 0 Å². The highest BCUT2D eigenvalue weighted by molar-refractivity contribution is 7.19. The van der Waals surface area contributed by atoms with Crippen molar-refractivity contribution in [2.45, 2.75) is 26.9 Å². The first-order valence-corrected chi connectivity index (χ1v) is 10.3. The molecule has 30 heavy (non-hydrogen) atoms. The second kappa shape index (κ2) is 7.56. The lowest BCUT2D eigenvalue weighted by molar-refractivity contribution is -0.136. The van der Waals surface area contributed by atoms with E-state index in [1.807, 2.05) is 32.9 Å². The summed E-state index contributed by atoms with van der Waals surface area (Å²) in [6, 6.07) is 9.76. The summed E-state index contributed by atoms with van der Waals surface area (Å²) in [5.41, 5.74) is 3.25. The lowest BCUT2D eigenvalue weighted by Crippen LogP contribution is -2.09. The zero-order chi connectivity index (χ0) is 21.6. The lowest BCUT2D eigenvalue weighted by Gasteiger charge is -2.15. The maximum Gasteiger partial charge on any atom is 0.418 e. The van der Waals surface area contributed by atoms with Gasteiger partial charge >= 0.3 is 6.18 Å². The second-order valence-electron chi connectivity index (χ2n) is 7.05. The number of anilines is 2. The van der Waals surface area contributed by atoms with Crippen LogP contribution in [0.2, 0.25) is 5.02 Å². The van der Waals surface area contributed by atoms with Gasteiger partial charge in [0.25, 0.3) is 0 Å². The number of rotatable bonds is 3. The monoisotopic (exact) mass is 447 g/mol. The molecular weight excluding hydrogens is 431 g/mol. The average Bonchev–Trinajstić information content (AvgIpc) is 3.01. The van der Waals surface area contributed by atoms with Gasteiger partial charge in [-0.2, -0.15) is 13.2 Å². The van der Waals surface area contributed by atoms with Crippen molar-refractivity contribution >= 4 is 44.7 Å². The first-order chi connectivity index (χ1) is 14.1. The summed E-state index contributed by atoms with van der Waals surface area (Å²) >= 11 is 7.29. The lowest BCUT2D eigenvalue weighted by atomic mass is 9.99. The molecule has 0 aliphatic rings. The quantitative estimate of drug-likeness (QED) is 0.349. The van der Waals surface area contributed by atoms with Crippen LogP contribution in [0.4, 0.5) is 24.7 Å². The van der Waals surface area contributed by atoms with Gasteiger partial charge < -0.3 is 5.32 Å². The molecule has 0 saturated heterocycles. The molecule has 2 heterocycles. The van der Waals surface area contributed by atoms with Gasteiger partial charge in [-0.05, 0) is 55.7 Å². The number of thiophene rings is 1. The largest absolute Gasteiger partial charge is 0.418 e. The van der Waals surface area contributed by atoms with Gasteiger partial charge in [-0.3, -0.25) is 0 Å². The standard InChI is InChI=1S/C22H17ClF3N3S/c1-11-4-5-14(8-12(11)2)18-13(3)30-21-19(18)20(27-10-28-21)29-17-7-6-15(23)9-16(17)22(24,25)26/h4-10H,1-3H3,(H,27,28,29). The van der Waals surface area contributed by atoms with E-state index in [0.717, 1.165) is 27.6 Å². The van der Waals surface area contributed by atoms with Crippen LogP contribution in [-0.2, 0) is 6.18 Å². The Bertz CT molecular complexity index is 1260. The Balaban J connectivity index is 1.91. The SMILES string of the molecule is Cc1ccc(-c2c(C)sc3ncnc(Nc4ccc(Cl)cc4C(F)(F)F)c23)cc1C. The Morgan fingerprint density at radius 3 is 2.43 bits per heavy atom. The smallest absolute Gasteiger partial charge is 0.339 e. The maximum absolute atomic E-state index is 13.5. The van der Waals surface area contributed by atoms with E-state index in [9.17, 15) is 13.2 Å². The van der Waals surface area contributed by atoms with Crippen molar-refractivity contribution < 1.29 is 13.2 Å². The van der Waals surface area contributed by atoms with Crippen molar-refractivity contribution in [1.82, 2.24) is 9.97 Å². The summed E-state index contributed by atoms with van der Waals surface area (Å²) in [5.74, 6) is 0.324. The van der Waals surface area contributed by atoms with Gasteiger partial charge in [0.1, 0.15) is 17.0 Å². The van der Waals surface area contributed by atoms with Gasteiger partial charge in [0.05, 0.1) is 16.6 Å². The number of hydrogen-bond donors (Lipinski definition) is 1. The van der Waals surface area contributed by atoms with Gasteiger partial charge in [-0.15, -0.1) is 11.3 Å². The van der Waals surface area contributed by atoms with Crippen molar-refractivity contribution in [2.24, 2.45) is 0 Å². The van der Waals surface area contributed by atoms with E-state index in [-0.39, 0.29) is 10.7 Å². The molecule has 0 fully saturated rings. The van der Waals surface area contributed by atoms with Gasteiger partial charge in [-0.25, -0.2) is 9.97 Å². The number of aromatic nitrogens is 2. The highest BCUT2D eigenvalue weighted by Crippen LogP contribution is 2.43. The average molecular weight is 448 g/mol. The Morgan fingerprint density at radius 1 is 0.967 bits per heavy atom. The van der Waals surface area contributed by atoms with Gasteiger partial charge in [0.2, 0.25) is 0 Å². The summed E-state index contributed by atoms with van der Waals surface area (Å²) in [5, 5.41) is 3.59. The molecule has 154 valence electrons. The topological polar surface area (TPSA) is 37.8 Å². The molecule has 0 aliphatic heterocycles. The molecule has 0 aliphatic carbocycles. The third-order valence-electron chi connectivity index (χ3n) is 5.00. The summed E-state index contributed by atoms with van der Waals surface area (Å²) in [6.07, 6.45) is -3.20. The van der Waals surface area contributed by atoms with Crippen LogP contribution in [0, 0.1) is 20.8 Å². The molecule has 2 aromatic heterocycles. The molecule has 1 N–H and O–H groups in total. The number of fused-ring (bicyclic) bond motifs is 1. The minimum absolute atomic E-state index is 0.0166. The van der Waals surface area contributed by atoms with Crippen LogP contribution in [0.5, 0.6) is 0 Å². The fourth-order valence-electron chi connectivity index (χ4n) is 3.37. The molecule has 2 aromatic carbocycles. The second-order valence-corrected chi connectivity index (χ2v) is 8.69. The number of hydrogen-bond acceptors (Lipinski definition) is 4. The van der Waals surface area contributed by atoms with Crippen LogP contribution >= 0.6 is 22.9 Å². The van der Waals surface area contributed by atoms with E-state index >= 15 is 0 Å². The summed E-state index contributed by atoms with van der Waals surface area (Å²) in [7, 11) is 0. The van der Waals surface area contributed by atoms with E-state index < -0.39 is 11.7 Å². The Morgan fingerprint density at radius 2 is 1.73 bits per heavy atom. The number of alkyl halides is 3. The van der Waals surface area contributed by atoms with Crippen molar-refractivity contribution in [3.8, 4) is 11.1 Å². The summed E-state index contributed by atoms with van der Waals surface area (Å²) < 4.78 is 40.6. The van der Waals surface area contributed by atoms with Crippen LogP contribution in [0.25, 0.3) is 21.3 Å². The molecular formula is C22H17ClF3N3S. The highest BCUT2D eigenvalue weighted by Gasteiger charge is 2.34. The van der Waals surface area contributed by atoms with E-state index in [1.54, 1.807) is 0 Å². The minimum Gasteiger partial charge on any atom is -0.339 e. The van der Waals surface area contributed by atoms with Gasteiger partial charge in [0.15, 0.2) is 0 Å². The van der Waals surface area contributed by atoms with Crippen molar-refractivity contribution in [3.05, 3.63) is 69.3 Å². The predicted octanol–water partition coefficient (Wildman–Crippen LogP) is 7.70. The van der Waals surface area contributed by atoms with Crippen molar-refractivity contribution in [3.63, 3.8) is 0 Å². The van der Waals surface area contributed by atoms with Gasteiger partial charge in [-0.1, -0.05) is 29.8 Å². The number of aryl methyl sites for hydroxylation is 3. The zero-order valence-electron chi connectivity index (χ0n) is 16.4. The number of halogens is 4. The van der Waals surface area contributed by atoms with Crippen LogP contribution in [0.15, 0.2) is 42.7 Å². The molecule has 8 heteroatoms. The zero-order valence-corrected chi connectivity index (χ0v) is 17.9. The van der Waals surface area contributed by atoms with E-state index in [0.29, 0.717) is 16.0 Å². The molecule has 0 unspecified atom stereocenters. The first kappa shape index (κ1) is 20.6. The van der Waals surface area contributed by atoms with Gasteiger partial charge in [0, 0.05) is 15.5 Å². The summed E-state index contributed by atoms with van der Waals surface area (Å²) in [6.45, 7) is 6.04. The first-order valence-electron chi connectivity index (χ1n) is 9.10. The number of nitrogens with zero attached hydrogens (tertiary/aromatic N) is 2. The molecule has 3 nitrogen and oxygen atoms in total. The maximum atomic E-state index is 13.5. The predicted molar refractivity (Wildman–Crippen MR) is 117 cm³/mol. The fourth-order valence-corrected chi connectivity index (χ4v) is 4.56. The van der Waals surface area contributed by atoms with E-state index in [1.165, 1.54) is 35.4 Å². The highest BCUT2D eigenvalue weighted by atomic mass is 35.5. The molecule has 0 saturated carbocycles. The molecule has 0 radical (unpaired) electrons. The molecule has 0 amide bonds. The normalized spacial score (nSPS) is 11.8. The van der Waals surface area contributed by atoms with Crippen molar-refractivity contribution in [2.75, 3.05) is 5.32 Å². The Kier molecular flexibility index (Phi) is 5.20. The number of benzene rings is 2. The van der Waals surface area contributed by atoms with Crippen LogP contribution in [0.1, 0.15) is 21.6 Å². The fraction of sp³-hybridized carbons (Fsp3) is 0.182. The molecule has 4 aromatic rings. The van der Waals surface area contributed by atoms with E-state index in [4.69, 9.17) is 11.6 Å². The minimum atomic E-state index is -4.55. The Hall–Kier alpha value is -2.64. The Labute approximate surface area is 180 Å². The molecule has 4 rings (SSSR count). The van der Waals surface area contributed by atoms with E-state index in [2.05, 4.69) is 21.4 Å². The molecule has 0 bridgehead atoms. The van der Waals surface area contributed by atoms with Crippen LogP contribution in [-0.4, -0.2) is 9.97 Å². The number of nitrogens with one attached hydrogen (secondary N) is 1. The third kappa shape index (κ3) is 3.75. The summed E-state index contributed by atoms with van der Waals surface area (Å²) in [4.78, 5) is 10.3. The van der Waals surface area contributed by atoms with Crippen molar-refractivity contribution in [1.29, 1.82) is 0 Å². The third-order valence-corrected chi connectivity index (χ3v) is 6.25. The molecule has 0 atom stereocenters. The molecule has 0 spiro atoms.